The summed E-state index contributed by atoms with van der Waals surface area (Å²) in [7, 11) is 1.42. The third-order valence-corrected chi connectivity index (χ3v) is 3.32. The van der Waals surface area contributed by atoms with Crippen LogP contribution in [-0.2, 0) is 9.59 Å². The molecule has 1 atom stereocenters. The van der Waals surface area contributed by atoms with Gasteiger partial charge in [0.25, 0.3) is 5.91 Å². The average Bonchev–Trinajstić information content (AvgIpc) is 2.24. The first-order chi connectivity index (χ1) is 6.90. The third kappa shape index (κ3) is 1.35. The van der Waals surface area contributed by atoms with Crippen LogP contribution in [-0.4, -0.2) is 23.8 Å². The van der Waals surface area contributed by atoms with Crippen molar-refractivity contribution in [1.82, 2.24) is 4.90 Å². The molecule has 0 saturated heterocycles. The predicted octanol–water partition coefficient (Wildman–Crippen LogP) is 1.24. The Bertz CT molecular complexity index is 403. The predicted molar refractivity (Wildman–Crippen MR) is 54.5 cm³/mol. The van der Waals surface area contributed by atoms with Crippen LogP contribution in [0.5, 0.6) is 0 Å². The Hall–Kier alpha value is -1.63. The van der Waals surface area contributed by atoms with Crippen molar-refractivity contribution < 1.29 is 9.59 Å². The molecule has 2 amide bonds. The molecule has 4 nitrogen and oxygen atoms in total. The molecule has 15 heavy (non-hydrogen) atoms. The van der Waals surface area contributed by atoms with Gasteiger partial charge < -0.3 is 0 Å². The third-order valence-electron chi connectivity index (χ3n) is 3.32. The van der Waals surface area contributed by atoms with Gasteiger partial charge in [-0.2, -0.15) is 5.26 Å². The molecule has 0 aliphatic carbocycles. The molecule has 1 unspecified atom stereocenters. The molecule has 0 fully saturated rings. The van der Waals surface area contributed by atoms with E-state index < -0.39 is 11.3 Å². The first-order valence-corrected chi connectivity index (χ1v) is 4.84. The van der Waals surface area contributed by atoms with Crippen molar-refractivity contribution in [3.8, 4) is 6.07 Å². The second-order valence-corrected chi connectivity index (χ2v) is 3.97. The van der Waals surface area contributed by atoms with Gasteiger partial charge in [-0.05, 0) is 25.8 Å². The quantitative estimate of drug-likeness (QED) is 0.606. The molecule has 0 N–H and O–H groups in total. The fraction of sp³-hybridized carbons (Fsp3) is 0.545. The van der Waals surface area contributed by atoms with Gasteiger partial charge >= 0.3 is 0 Å². The summed E-state index contributed by atoms with van der Waals surface area (Å²) in [5.74, 6) is -0.725. The number of hydrogen-bond acceptors (Lipinski definition) is 3. The largest absolute Gasteiger partial charge is 0.280 e. The van der Waals surface area contributed by atoms with Crippen LogP contribution in [0, 0.1) is 16.7 Å². The highest BCUT2D eigenvalue weighted by Crippen LogP contribution is 2.38. The Morgan fingerprint density at radius 2 is 2.00 bits per heavy atom. The van der Waals surface area contributed by atoms with Crippen molar-refractivity contribution in [3.05, 3.63) is 11.1 Å². The Morgan fingerprint density at radius 3 is 2.40 bits per heavy atom. The average molecular weight is 206 g/mol. The van der Waals surface area contributed by atoms with E-state index >= 15 is 0 Å². The SMILES string of the molecule is CCC1(C)C(=O)N(C)C(=O)C(C#N)=C1C. The lowest BCUT2D eigenvalue weighted by molar-refractivity contribution is -0.148. The molecule has 0 saturated carbocycles. The van der Waals surface area contributed by atoms with E-state index in [1.165, 1.54) is 7.05 Å². The maximum absolute atomic E-state index is 11.9. The van der Waals surface area contributed by atoms with E-state index in [2.05, 4.69) is 0 Å². The summed E-state index contributed by atoms with van der Waals surface area (Å²) >= 11 is 0. The van der Waals surface area contributed by atoms with E-state index in [0.29, 0.717) is 12.0 Å². The van der Waals surface area contributed by atoms with E-state index in [4.69, 9.17) is 5.26 Å². The van der Waals surface area contributed by atoms with Crippen molar-refractivity contribution >= 4 is 11.8 Å². The first kappa shape index (κ1) is 11.4. The summed E-state index contributed by atoms with van der Waals surface area (Å²) in [6.07, 6.45) is 0.584. The van der Waals surface area contributed by atoms with E-state index in [9.17, 15) is 9.59 Å². The molecule has 0 aromatic rings. The lowest BCUT2D eigenvalue weighted by Crippen LogP contribution is -2.49. The van der Waals surface area contributed by atoms with Crippen LogP contribution in [0.4, 0.5) is 0 Å². The molecule has 0 spiro atoms. The molecular formula is C11H14N2O2. The lowest BCUT2D eigenvalue weighted by Gasteiger charge is -2.36. The fourth-order valence-corrected chi connectivity index (χ4v) is 1.77. The van der Waals surface area contributed by atoms with Gasteiger partial charge in [-0.15, -0.1) is 0 Å². The molecule has 0 radical (unpaired) electrons. The van der Waals surface area contributed by atoms with Gasteiger partial charge in [-0.25, -0.2) is 0 Å². The summed E-state index contributed by atoms with van der Waals surface area (Å²) in [4.78, 5) is 24.6. The minimum atomic E-state index is -0.715. The number of rotatable bonds is 1. The highest BCUT2D eigenvalue weighted by molar-refractivity contribution is 6.12. The van der Waals surface area contributed by atoms with Gasteiger partial charge in [0.2, 0.25) is 5.91 Å². The smallest absolute Gasteiger partial charge is 0.270 e. The second kappa shape index (κ2) is 3.50. The van der Waals surface area contributed by atoms with E-state index in [1.54, 1.807) is 13.8 Å². The van der Waals surface area contributed by atoms with Crippen LogP contribution in [0.1, 0.15) is 27.2 Å². The van der Waals surface area contributed by atoms with E-state index in [0.717, 1.165) is 4.90 Å². The molecule has 1 rings (SSSR count). The normalized spacial score (nSPS) is 27.0. The fourth-order valence-electron chi connectivity index (χ4n) is 1.77. The maximum Gasteiger partial charge on any atom is 0.270 e. The Labute approximate surface area is 89.2 Å². The van der Waals surface area contributed by atoms with Gasteiger partial charge in [0.05, 0.1) is 5.41 Å². The number of nitriles is 1. The molecule has 1 aliphatic heterocycles. The van der Waals surface area contributed by atoms with Gasteiger partial charge in [-0.3, -0.25) is 14.5 Å². The van der Waals surface area contributed by atoms with Crippen LogP contribution in [0.3, 0.4) is 0 Å². The number of imide groups is 1. The lowest BCUT2D eigenvalue weighted by atomic mass is 9.74. The number of carbonyl (C=O) groups excluding carboxylic acids is 2. The van der Waals surface area contributed by atoms with E-state index in [-0.39, 0.29) is 11.5 Å². The number of likely N-dealkylation sites (N-methyl/N-ethyl adjacent to an activating group) is 1. The van der Waals surface area contributed by atoms with Gasteiger partial charge in [0.15, 0.2) is 0 Å². The summed E-state index contributed by atoms with van der Waals surface area (Å²) in [6.45, 7) is 5.33. The van der Waals surface area contributed by atoms with Gasteiger partial charge in [0.1, 0.15) is 11.6 Å². The van der Waals surface area contributed by atoms with Crippen LogP contribution in [0.2, 0.25) is 0 Å². The van der Waals surface area contributed by atoms with Crippen molar-refractivity contribution in [2.24, 2.45) is 5.41 Å². The monoisotopic (exact) mass is 206 g/mol. The molecule has 1 aliphatic rings. The number of hydrogen-bond donors (Lipinski definition) is 0. The Kier molecular flexibility index (Phi) is 2.67. The molecule has 1 heterocycles. The van der Waals surface area contributed by atoms with Crippen molar-refractivity contribution in [3.63, 3.8) is 0 Å². The first-order valence-electron chi connectivity index (χ1n) is 4.84. The van der Waals surface area contributed by atoms with E-state index in [1.807, 2.05) is 13.0 Å². The summed E-state index contributed by atoms with van der Waals surface area (Å²) in [5.41, 5.74) is -0.0321. The summed E-state index contributed by atoms with van der Waals surface area (Å²) in [6, 6.07) is 1.88. The highest BCUT2D eigenvalue weighted by Gasteiger charge is 2.44. The number of amides is 2. The van der Waals surface area contributed by atoms with Crippen LogP contribution in [0.15, 0.2) is 11.1 Å². The van der Waals surface area contributed by atoms with Crippen molar-refractivity contribution in [1.29, 1.82) is 5.26 Å². The number of carbonyl (C=O) groups is 2. The zero-order valence-corrected chi connectivity index (χ0v) is 9.42. The van der Waals surface area contributed by atoms with Gasteiger partial charge in [0, 0.05) is 7.05 Å². The molecule has 4 heteroatoms. The highest BCUT2D eigenvalue weighted by atomic mass is 16.2. The molecule has 0 bridgehead atoms. The molecule has 80 valence electrons. The topological polar surface area (TPSA) is 61.2 Å². The van der Waals surface area contributed by atoms with Crippen LogP contribution in [0.25, 0.3) is 0 Å². The summed E-state index contributed by atoms with van der Waals surface area (Å²) in [5, 5.41) is 8.90. The molecule has 0 aromatic carbocycles. The van der Waals surface area contributed by atoms with Crippen molar-refractivity contribution in [2.45, 2.75) is 27.2 Å². The zero-order chi connectivity index (χ0) is 11.8. The Morgan fingerprint density at radius 1 is 1.47 bits per heavy atom. The van der Waals surface area contributed by atoms with Crippen LogP contribution < -0.4 is 0 Å². The maximum atomic E-state index is 11.9. The van der Waals surface area contributed by atoms with Gasteiger partial charge in [-0.1, -0.05) is 6.92 Å². The summed E-state index contributed by atoms with van der Waals surface area (Å²) < 4.78 is 0. The molecule has 0 aromatic heterocycles. The molecular weight excluding hydrogens is 192 g/mol. The zero-order valence-electron chi connectivity index (χ0n) is 9.42. The number of nitrogens with zero attached hydrogens (tertiary/aromatic N) is 2. The minimum absolute atomic E-state index is 0.0986. The standard InChI is InChI=1S/C11H14N2O2/c1-5-11(3)7(2)8(6-12)9(14)13(4)10(11)15/h5H2,1-4H3. The minimum Gasteiger partial charge on any atom is -0.280 e. The second-order valence-electron chi connectivity index (χ2n) is 3.97. The van der Waals surface area contributed by atoms with Crippen molar-refractivity contribution in [2.75, 3.05) is 7.05 Å². The van der Waals surface area contributed by atoms with Crippen LogP contribution >= 0.6 is 0 Å². The Balaban J connectivity index is 3.46.